The summed E-state index contributed by atoms with van der Waals surface area (Å²) in [5.41, 5.74) is 1.90. The molecule has 0 saturated carbocycles. The van der Waals surface area contributed by atoms with E-state index in [9.17, 15) is 13.2 Å². The van der Waals surface area contributed by atoms with Crippen molar-refractivity contribution in [2.24, 2.45) is 5.41 Å². The first kappa shape index (κ1) is 20.9. The molecule has 0 bridgehead atoms. The number of halogens is 3. The van der Waals surface area contributed by atoms with Crippen molar-refractivity contribution in [3.05, 3.63) is 50.7 Å². The Morgan fingerprint density at radius 2 is 1.82 bits per heavy atom. The number of rotatable bonds is 6. The lowest BCUT2D eigenvalue weighted by Gasteiger charge is -2.27. The van der Waals surface area contributed by atoms with Crippen LogP contribution >= 0.6 is 22.7 Å². The quantitative estimate of drug-likeness (QED) is 0.459. The van der Waals surface area contributed by atoms with Gasteiger partial charge in [-0.1, -0.05) is 19.9 Å². The van der Waals surface area contributed by atoms with Gasteiger partial charge in [-0.25, -0.2) is 9.97 Å². The topological polar surface area (TPSA) is 38.7 Å². The van der Waals surface area contributed by atoms with Crippen LogP contribution in [0.5, 0.6) is 0 Å². The molecule has 3 nitrogen and oxygen atoms in total. The van der Waals surface area contributed by atoms with E-state index < -0.39 is 11.6 Å². The van der Waals surface area contributed by atoms with Crippen molar-refractivity contribution in [3.8, 4) is 10.6 Å². The molecule has 0 aliphatic rings. The number of pyridine rings is 1. The number of hydrogen-bond donors (Lipinski definition) is 0. The van der Waals surface area contributed by atoms with Gasteiger partial charge in [0.15, 0.2) is 0 Å². The fraction of sp³-hybridized carbons (Fsp3) is 0.450. The Balaban J connectivity index is 1.63. The van der Waals surface area contributed by atoms with Crippen molar-refractivity contribution in [2.75, 3.05) is 0 Å². The molecular formula is C20H22F3N3S2. The zero-order valence-corrected chi connectivity index (χ0v) is 17.9. The largest absolute Gasteiger partial charge is 0.393 e. The van der Waals surface area contributed by atoms with Gasteiger partial charge in [0.25, 0.3) is 0 Å². The first-order chi connectivity index (χ1) is 13.0. The van der Waals surface area contributed by atoms with Crippen LogP contribution in [0.3, 0.4) is 0 Å². The minimum absolute atomic E-state index is 0.0426. The normalized spacial score (nSPS) is 12.5. The molecule has 3 rings (SSSR count). The van der Waals surface area contributed by atoms with E-state index >= 15 is 0 Å². The Hall–Kier alpha value is -1.80. The monoisotopic (exact) mass is 425 g/mol. The molecule has 0 aliphatic carbocycles. The third-order valence-electron chi connectivity index (χ3n) is 4.71. The van der Waals surface area contributed by atoms with Crippen LogP contribution in [0, 0.1) is 19.3 Å². The van der Waals surface area contributed by atoms with Gasteiger partial charge < -0.3 is 0 Å². The van der Waals surface area contributed by atoms with E-state index in [0.717, 1.165) is 37.5 Å². The lowest BCUT2D eigenvalue weighted by atomic mass is 9.86. The summed E-state index contributed by atoms with van der Waals surface area (Å²) in [6.07, 6.45) is -1.52. The first-order valence-corrected chi connectivity index (χ1v) is 10.6. The Labute approximate surface area is 170 Å². The second-order valence-corrected chi connectivity index (χ2v) is 9.64. The van der Waals surface area contributed by atoms with E-state index in [1.54, 1.807) is 28.9 Å². The summed E-state index contributed by atoms with van der Waals surface area (Å²) >= 11 is 3.22. The van der Waals surface area contributed by atoms with Crippen LogP contribution in [0.2, 0.25) is 0 Å². The van der Waals surface area contributed by atoms with E-state index in [0.29, 0.717) is 12.8 Å². The lowest BCUT2D eigenvalue weighted by Crippen LogP contribution is -2.32. The van der Waals surface area contributed by atoms with Crippen molar-refractivity contribution in [1.82, 2.24) is 15.0 Å². The average molecular weight is 426 g/mol. The van der Waals surface area contributed by atoms with Crippen molar-refractivity contribution >= 4 is 22.7 Å². The highest BCUT2D eigenvalue weighted by atomic mass is 32.1. The van der Waals surface area contributed by atoms with Crippen LogP contribution in [0.4, 0.5) is 13.2 Å². The number of nitrogens with zero attached hydrogens (tertiary/aromatic N) is 3. The molecule has 3 aromatic heterocycles. The molecule has 0 amide bonds. The molecule has 150 valence electrons. The van der Waals surface area contributed by atoms with Crippen LogP contribution < -0.4 is 0 Å². The molecule has 3 aromatic rings. The van der Waals surface area contributed by atoms with Crippen molar-refractivity contribution in [2.45, 2.75) is 53.1 Å². The number of hydrogen-bond acceptors (Lipinski definition) is 5. The first-order valence-electron chi connectivity index (χ1n) is 8.94. The van der Waals surface area contributed by atoms with Crippen molar-refractivity contribution < 1.29 is 13.2 Å². The maximum Gasteiger partial charge on any atom is 0.393 e. The molecule has 28 heavy (non-hydrogen) atoms. The predicted molar refractivity (Wildman–Crippen MR) is 108 cm³/mol. The smallest absolute Gasteiger partial charge is 0.261 e. The second-order valence-electron chi connectivity index (χ2n) is 7.49. The molecule has 0 unspecified atom stereocenters. The average Bonchev–Trinajstić information content (AvgIpc) is 3.19. The zero-order chi connectivity index (χ0) is 20.5. The van der Waals surface area contributed by atoms with Crippen molar-refractivity contribution in [1.29, 1.82) is 0 Å². The summed E-state index contributed by atoms with van der Waals surface area (Å²) in [4.78, 5) is 14.6. The minimum Gasteiger partial charge on any atom is -0.261 e. The summed E-state index contributed by atoms with van der Waals surface area (Å²) in [6, 6.07) is 3.74. The molecule has 0 aliphatic heterocycles. The number of alkyl halides is 3. The molecule has 0 N–H and O–H groups in total. The lowest BCUT2D eigenvalue weighted by molar-refractivity contribution is -0.213. The molecule has 8 heteroatoms. The molecule has 0 spiro atoms. The van der Waals surface area contributed by atoms with Crippen LogP contribution in [0.15, 0.2) is 23.7 Å². The fourth-order valence-electron chi connectivity index (χ4n) is 2.73. The van der Waals surface area contributed by atoms with Crippen LogP contribution in [-0.2, 0) is 12.8 Å². The second kappa shape index (κ2) is 7.91. The third-order valence-corrected chi connectivity index (χ3v) is 6.66. The summed E-state index contributed by atoms with van der Waals surface area (Å²) < 4.78 is 38.9. The van der Waals surface area contributed by atoms with Gasteiger partial charge in [-0.3, -0.25) is 4.98 Å². The number of aromatic nitrogens is 3. The highest BCUT2D eigenvalue weighted by Crippen LogP contribution is 2.41. The number of thiazole rings is 2. The Morgan fingerprint density at radius 3 is 2.39 bits per heavy atom. The Morgan fingerprint density at radius 1 is 1.07 bits per heavy atom. The maximum atomic E-state index is 13.0. The van der Waals surface area contributed by atoms with Gasteiger partial charge in [0.1, 0.15) is 0 Å². The molecule has 3 heterocycles. The Kier molecular flexibility index (Phi) is 5.91. The standard InChI is InChI=1S/C20H22F3N3S2/c1-12-18(28-13(2)25-12)16-11-27-17(26-16)9-15-6-5-14(10-24-15)7-8-19(3,4)20(21,22)23/h5-6,10-11H,7-9H2,1-4H3. The van der Waals surface area contributed by atoms with E-state index in [-0.39, 0.29) is 6.42 Å². The van der Waals surface area contributed by atoms with E-state index in [2.05, 4.69) is 9.97 Å². The summed E-state index contributed by atoms with van der Waals surface area (Å²) in [7, 11) is 0. The van der Waals surface area contributed by atoms with Gasteiger partial charge in [-0.15, -0.1) is 22.7 Å². The van der Waals surface area contributed by atoms with Crippen LogP contribution in [-0.4, -0.2) is 21.1 Å². The van der Waals surface area contributed by atoms with Crippen LogP contribution in [0.1, 0.15) is 47.2 Å². The highest BCUT2D eigenvalue weighted by Gasteiger charge is 2.46. The SMILES string of the molecule is Cc1nc(C)c(-c2csc(Cc3ccc(CCC(C)(C)C(F)(F)F)cn3)n2)s1. The van der Waals surface area contributed by atoms with E-state index in [4.69, 9.17) is 4.98 Å². The molecule has 0 radical (unpaired) electrons. The Bertz CT molecular complexity index is 941. The summed E-state index contributed by atoms with van der Waals surface area (Å²) in [5.74, 6) is 0. The highest BCUT2D eigenvalue weighted by molar-refractivity contribution is 7.15. The van der Waals surface area contributed by atoms with Gasteiger partial charge in [0.05, 0.1) is 31.7 Å². The third kappa shape index (κ3) is 4.78. The molecule has 0 fully saturated rings. The van der Waals surface area contributed by atoms with Gasteiger partial charge >= 0.3 is 6.18 Å². The summed E-state index contributed by atoms with van der Waals surface area (Å²) in [5, 5.41) is 4.01. The van der Waals surface area contributed by atoms with Gasteiger partial charge in [-0.05, 0) is 38.3 Å². The fourth-order valence-corrected chi connectivity index (χ4v) is 4.48. The van der Waals surface area contributed by atoms with Crippen molar-refractivity contribution in [3.63, 3.8) is 0 Å². The number of aryl methyl sites for hydroxylation is 3. The molecular weight excluding hydrogens is 403 g/mol. The van der Waals surface area contributed by atoms with Gasteiger partial charge in [0.2, 0.25) is 0 Å². The van der Waals surface area contributed by atoms with Gasteiger partial charge in [-0.2, -0.15) is 13.2 Å². The zero-order valence-electron chi connectivity index (χ0n) is 16.2. The van der Waals surface area contributed by atoms with Gasteiger partial charge in [0, 0.05) is 23.7 Å². The summed E-state index contributed by atoms with van der Waals surface area (Å²) in [6.45, 7) is 6.44. The minimum atomic E-state index is -4.20. The molecule has 0 atom stereocenters. The molecule has 0 aromatic carbocycles. The maximum absolute atomic E-state index is 13.0. The van der Waals surface area contributed by atoms with Crippen LogP contribution in [0.25, 0.3) is 10.6 Å². The van der Waals surface area contributed by atoms with E-state index in [1.807, 2.05) is 31.4 Å². The van der Waals surface area contributed by atoms with E-state index in [1.165, 1.54) is 13.8 Å². The molecule has 0 saturated heterocycles. The predicted octanol–water partition coefficient (Wildman–Crippen LogP) is 6.39.